The van der Waals surface area contributed by atoms with Crippen LogP contribution in [0.5, 0.6) is 0 Å². The fourth-order valence-electron chi connectivity index (χ4n) is 2.49. The van der Waals surface area contributed by atoms with Crippen LogP contribution in [-0.4, -0.2) is 35.8 Å². The van der Waals surface area contributed by atoms with Gasteiger partial charge in [0.15, 0.2) is 5.69 Å². The van der Waals surface area contributed by atoms with Gasteiger partial charge in [-0.25, -0.2) is 9.78 Å². The van der Waals surface area contributed by atoms with E-state index in [0.717, 1.165) is 5.56 Å². The molecule has 2 aromatic rings. The van der Waals surface area contributed by atoms with Gasteiger partial charge in [-0.3, -0.25) is 0 Å². The van der Waals surface area contributed by atoms with Crippen LogP contribution in [0.1, 0.15) is 22.2 Å². The zero-order chi connectivity index (χ0) is 16.4. The van der Waals surface area contributed by atoms with Crippen LogP contribution in [0.4, 0.5) is 5.82 Å². The van der Waals surface area contributed by atoms with E-state index in [9.17, 15) is 4.79 Å². The lowest BCUT2D eigenvalue weighted by molar-refractivity contribution is 0.0395. The normalized spacial score (nSPS) is 18.0. The summed E-state index contributed by atoms with van der Waals surface area (Å²) in [6.45, 7) is 1.73. The lowest BCUT2D eigenvalue weighted by Crippen LogP contribution is -2.39. The standard InChI is InChI=1S/C16H14Cl2N2O3/c17-11-5-4-10(8-12(11)18)14-9-20(6-7-23-14)15-3-1-2-13(19-15)16(21)22/h1-5,8,14H,6-7,9H2,(H,21,22). The largest absolute Gasteiger partial charge is 0.477 e. The first-order valence-electron chi connectivity index (χ1n) is 7.06. The van der Waals surface area contributed by atoms with E-state index in [1.54, 1.807) is 24.3 Å². The first-order valence-corrected chi connectivity index (χ1v) is 7.82. The number of carboxylic acid groups (broad SMARTS) is 1. The number of ether oxygens (including phenoxy) is 1. The van der Waals surface area contributed by atoms with Crippen molar-refractivity contribution in [3.05, 3.63) is 57.7 Å². The first kappa shape index (κ1) is 16.1. The zero-order valence-corrected chi connectivity index (χ0v) is 13.6. The molecular formula is C16H14Cl2N2O3. The van der Waals surface area contributed by atoms with Gasteiger partial charge in [-0.1, -0.05) is 35.3 Å². The minimum Gasteiger partial charge on any atom is -0.477 e. The maximum atomic E-state index is 11.1. The second-order valence-electron chi connectivity index (χ2n) is 5.17. The fourth-order valence-corrected chi connectivity index (χ4v) is 2.80. The first-order chi connectivity index (χ1) is 11.0. The maximum Gasteiger partial charge on any atom is 0.354 e. The summed E-state index contributed by atoms with van der Waals surface area (Å²) in [6, 6.07) is 10.4. The lowest BCUT2D eigenvalue weighted by Gasteiger charge is -2.34. The van der Waals surface area contributed by atoms with Gasteiger partial charge in [0.2, 0.25) is 0 Å². The third kappa shape index (κ3) is 3.58. The summed E-state index contributed by atoms with van der Waals surface area (Å²) in [5.41, 5.74) is 0.957. The molecule has 2 heterocycles. The van der Waals surface area contributed by atoms with Crippen molar-refractivity contribution in [1.29, 1.82) is 0 Å². The van der Waals surface area contributed by atoms with Crippen molar-refractivity contribution in [3.8, 4) is 0 Å². The van der Waals surface area contributed by atoms with Gasteiger partial charge in [-0.2, -0.15) is 0 Å². The van der Waals surface area contributed by atoms with Crippen molar-refractivity contribution in [3.63, 3.8) is 0 Å². The molecule has 0 radical (unpaired) electrons. The molecule has 1 saturated heterocycles. The van der Waals surface area contributed by atoms with E-state index in [1.807, 2.05) is 11.0 Å². The molecule has 0 saturated carbocycles. The number of halogens is 2. The van der Waals surface area contributed by atoms with Crippen molar-refractivity contribution in [1.82, 2.24) is 4.98 Å². The Hall–Kier alpha value is -1.82. The Bertz CT molecular complexity index is 739. The molecule has 1 aromatic carbocycles. The Morgan fingerprint density at radius 3 is 2.83 bits per heavy atom. The molecule has 0 spiro atoms. The summed E-state index contributed by atoms with van der Waals surface area (Å²) in [5, 5.41) is 10.0. The summed E-state index contributed by atoms with van der Waals surface area (Å²) < 4.78 is 5.80. The van der Waals surface area contributed by atoms with Gasteiger partial charge in [0.1, 0.15) is 11.9 Å². The number of morpholine rings is 1. The van der Waals surface area contributed by atoms with Gasteiger partial charge in [0.25, 0.3) is 0 Å². The predicted octanol–water partition coefficient (Wildman–Crippen LogP) is 3.66. The Balaban J connectivity index is 1.81. The SMILES string of the molecule is O=C(O)c1cccc(N2CCOC(c3ccc(Cl)c(Cl)c3)C2)n1. The van der Waals surface area contributed by atoms with Crippen molar-refractivity contribution in [2.75, 3.05) is 24.6 Å². The number of nitrogens with zero attached hydrogens (tertiary/aromatic N) is 2. The molecule has 0 bridgehead atoms. The van der Waals surface area contributed by atoms with Crippen LogP contribution < -0.4 is 4.90 Å². The minimum absolute atomic E-state index is 0.0279. The third-order valence-corrected chi connectivity index (χ3v) is 4.40. The van der Waals surface area contributed by atoms with E-state index >= 15 is 0 Å². The van der Waals surface area contributed by atoms with Crippen LogP contribution in [0.3, 0.4) is 0 Å². The molecule has 1 fully saturated rings. The average molecular weight is 353 g/mol. The Morgan fingerprint density at radius 1 is 1.26 bits per heavy atom. The molecule has 1 aromatic heterocycles. The molecule has 1 N–H and O–H groups in total. The van der Waals surface area contributed by atoms with E-state index in [1.165, 1.54) is 6.07 Å². The molecular weight excluding hydrogens is 339 g/mol. The molecule has 23 heavy (non-hydrogen) atoms. The highest BCUT2D eigenvalue weighted by atomic mass is 35.5. The number of pyridine rings is 1. The van der Waals surface area contributed by atoms with Crippen LogP contribution in [-0.2, 0) is 4.74 Å². The minimum atomic E-state index is -1.04. The molecule has 3 rings (SSSR count). The van der Waals surface area contributed by atoms with E-state index in [2.05, 4.69) is 4.98 Å². The fraction of sp³-hybridized carbons (Fsp3) is 0.250. The van der Waals surface area contributed by atoms with Gasteiger partial charge in [-0.15, -0.1) is 0 Å². The van der Waals surface area contributed by atoms with Crippen LogP contribution in [0.2, 0.25) is 10.0 Å². The lowest BCUT2D eigenvalue weighted by atomic mass is 10.1. The molecule has 1 aliphatic rings. The highest BCUT2D eigenvalue weighted by Crippen LogP contribution is 2.30. The van der Waals surface area contributed by atoms with Crippen LogP contribution in [0, 0.1) is 0 Å². The van der Waals surface area contributed by atoms with Crippen molar-refractivity contribution >= 4 is 35.0 Å². The number of aromatic nitrogens is 1. The molecule has 0 aliphatic carbocycles. The Morgan fingerprint density at radius 2 is 2.09 bits per heavy atom. The predicted molar refractivity (Wildman–Crippen MR) is 88.6 cm³/mol. The smallest absolute Gasteiger partial charge is 0.354 e. The molecule has 1 aliphatic heterocycles. The molecule has 5 nitrogen and oxygen atoms in total. The van der Waals surface area contributed by atoms with Crippen molar-refractivity contribution < 1.29 is 14.6 Å². The second kappa shape index (κ2) is 6.74. The van der Waals surface area contributed by atoms with E-state index < -0.39 is 5.97 Å². The highest BCUT2D eigenvalue weighted by molar-refractivity contribution is 6.42. The number of anilines is 1. The third-order valence-electron chi connectivity index (χ3n) is 3.66. The van der Waals surface area contributed by atoms with Gasteiger partial charge in [0, 0.05) is 13.1 Å². The quantitative estimate of drug-likeness (QED) is 0.912. The topological polar surface area (TPSA) is 62.7 Å². The summed E-state index contributed by atoms with van der Waals surface area (Å²) in [7, 11) is 0. The van der Waals surface area contributed by atoms with Gasteiger partial charge in [0.05, 0.1) is 16.7 Å². The zero-order valence-electron chi connectivity index (χ0n) is 12.1. The van der Waals surface area contributed by atoms with Crippen molar-refractivity contribution in [2.45, 2.75) is 6.10 Å². The monoisotopic (exact) mass is 352 g/mol. The molecule has 1 unspecified atom stereocenters. The van der Waals surface area contributed by atoms with Crippen LogP contribution >= 0.6 is 23.2 Å². The van der Waals surface area contributed by atoms with E-state index in [-0.39, 0.29) is 11.8 Å². The van der Waals surface area contributed by atoms with Gasteiger partial charge < -0.3 is 14.7 Å². The van der Waals surface area contributed by atoms with E-state index in [4.69, 9.17) is 33.0 Å². The molecule has 120 valence electrons. The van der Waals surface area contributed by atoms with Gasteiger partial charge >= 0.3 is 5.97 Å². The number of rotatable bonds is 3. The molecule has 1 atom stereocenters. The molecule has 0 amide bonds. The number of aromatic carboxylic acids is 1. The number of carbonyl (C=O) groups is 1. The second-order valence-corrected chi connectivity index (χ2v) is 5.98. The number of hydrogen-bond donors (Lipinski definition) is 1. The maximum absolute atomic E-state index is 11.1. The number of benzene rings is 1. The summed E-state index contributed by atoms with van der Waals surface area (Å²) in [5.74, 6) is -0.417. The summed E-state index contributed by atoms with van der Waals surface area (Å²) in [6.07, 6.45) is -0.172. The summed E-state index contributed by atoms with van der Waals surface area (Å²) >= 11 is 12.0. The molecule has 7 heteroatoms. The summed E-state index contributed by atoms with van der Waals surface area (Å²) in [4.78, 5) is 17.2. The van der Waals surface area contributed by atoms with Gasteiger partial charge in [-0.05, 0) is 29.8 Å². The highest BCUT2D eigenvalue weighted by Gasteiger charge is 2.24. The number of hydrogen-bond acceptors (Lipinski definition) is 4. The van der Waals surface area contributed by atoms with Crippen LogP contribution in [0.15, 0.2) is 36.4 Å². The number of carboxylic acids is 1. The Labute approximate surface area is 143 Å². The van der Waals surface area contributed by atoms with Crippen LogP contribution in [0.25, 0.3) is 0 Å². The average Bonchev–Trinajstić information content (AvgIpc) is 2.57. The van der Waals surface area contributed by atoms with E-state index in [0.29, 0.717) is 35.6 Å². The Kier molecular flexibility index (Phi) is 4.71. The van der Waals surface area contributed by atoms with Crippen molar-refractivity contribution in [2.24, 2.45) is 0 Å².